The summed E-state index contributed by atoms with van der Waals surface area (Å²) in [5.74, 6) is -0.166. The molecule has 3 atom stereocenters. The molecule has 2 rings (SSSR count). The summed E-state index contributed by atoms with van der Waals surface area (Å²) in [5, 5.41) is 0. The van der Waals surface area contributed by atoms with Crippen LogP contribution < -0.4 is 0 Å². The molecular weight excluding hydrogens is 288 g/mol. The van der Waals surface area contributed by atoms with Crippen molar-refractivity contribution in [2.75, 3.05) is 21.0 Å². The maximum Gasteiger partial charge on any atom is 0.338 e. The van der Waals surface area contributed by atoms with Gasteiger partial charge in [-0.2, -0.15) is 0 Å². The Morgan fingerprint density at radius 3 is 2.68 bits per heavy atom. The van der Waals surface area contributed by atoms with Crippen molar-refractivity contribution in [2.24, 2.45) is 0 Å². The first-order valence-electron chi connectivity index (χ1n) is 6.90. The Hall–Kier alpha value is -1.89. The molecular formula is C16H20O6. The summed E-state index contributed by atoms with van der Waals surface area (Å²) in [7, 11) is 3.05. The SMILES string of the molecule is C=C1O[C@H](OC)C[C@H](OCOC)[C@@H]1OC(=O)c1ccccc1. The molecule has 22 heavy (non-hydrogen) atoms. The molecule has 0 N–H and O–H groups in total. The zero-order valence-corrected chi connectivity index (χ0v) is 12.7. The Bertz CT molecular complexity index is 501. The molecule has 1 heterocycles. The third-order valence-electron chi connectivity index (χ3n) is 3.27. The lowest BCUT2D eigenvalue weighted by Gasteiger charge is -2.36. The molecule has 0 bridgehead atoms. The molecule has 1 saturated heterocycles. The van der Waals surface area contributed by atoms with Gasteiger partial charge in [0.05, 0.1) is 5.56 Å². The molecule has 0 radical (unpaired) electrons. The summed E-state index contributed by atoms with van der Waals surface area (Å²) in [5.41, 5.74) is 0.453. The quantitative estimate of drug-likeness (QED) is 0.592. The van der Waals surface area contributed by atoms with E-state index in [0.717, 1.165) is 0 Å². The summed E-state index contributed by atoms with van der Waals surface area (Å²) in [4.78, 5) is 12.2. The van der Waals surface area contributed by atoms with Gasteiger partial charge in [-0.05, 0) is 12.1 Å². The van der Waals surface area contributed by atoms with Crippen molar-refractivity contribution in [2.45, 2.75) is 24.9 Å². The Kier molecular flexibility index (Phi) is 5.94. The summed E-state index contributed by atoms with van der Waals surface area (Å²) in [6, 6.07) is 8.72. The van der Waals surface area contributed by atoms with Crippen molar-refractivity contribution >= 4 is 5.97 Å². The number of carbonyl (C=O) groups excluding carboxylic acids is 1. The highest BCUT2D eigenvalue weighted by molar-refractivity contribution is 5.89. The maximum absolute atomic E-state index is 12.2. The number of esters is 1. The fourth-order valence-corrected chi connectivity index (χ4v) is 2.16. The second-order valence-electron chi connectivity index (χ2n) is 4.79. The van der Waals surface area contributed by atoms with Gasteiger partial charge in [-0.15, -0.1) is 0 Å². The van der Waals surface area contributed by atoms with Gasteiger partial charge in [0.25, 0.3) is 0 Å². The number of benzene rings is 1. The smallest absolute Gasteiger partial charge is 0.338 e. The topological polar surface area (TPSA) is 63.2 Å². The van der Waals surface area contributed by atoms with Crippen LogP contribution in [-0.2, 0) is 23.7 Å². The van der Waals surface area contributed by atoms with Gasteiger partial charge in [-0.1, -0.05) is 24.8 Å². The molecule has 0 spiro atoms. The average Bonchev–Trinajstić information content (AvgIpc) is 2.55. The predicted octanol–water partition coefficient (Wildman–Crippen LogP) is 2.11. The molecule has 0 aliphatic carbocycles. The highest BCUT2D eigenvalue weighted by Gasteiger charge is 2.38. The van der Waals surface area contributed by atoms with E-state index in [0.29, 0.717) is 17.7 Å². The van der Waals surface area contributed by atoms with Crippen LogP contribution in [0.4, 0.5) is 0 Å². The minimum Gasteiger partial charge on any atom is -0.466 e. The molecule has 0 saturated carbocycles. The highest BCUT2D eigenvalue weighted by atomic mass is 16.7. The van der Waals surface area contributed by atoms with Crippen LogP contribution in [0.5, 0.6) is 0 Å². The summed E-state index contributed by atoms with van der Waals surface area (Å²) < 4.78 is 26.6. The molecule has 120 valence electrons. The van der Waals surface area contributed by atoms with Gasteiger partial charge in [-0.25, -0.2) is 4.79 Å². The number of rotatable bonds is 6. The van der Waals surface area contributed by atoms with Crippen molar-refractivity contribution in [3.8, 4) is 0 Å². The monoisotopic (exact) mass is 308 g/mol. The number of hydrogen-bond acceptors (Lipinski definition) is 6. The minimum atomic E-state index is -0.714. The number of ether oxygens (including phenoxy) is 5. The zero-order valence-electron chi connectivity index (χ0n) is 12.7. The predicted molar refractivity (Wildman–Crippen MR) is 78.0 cm³/mol. The van der Waals surface area contributed by atoms with Crippen molar-refractivity contribution in [3.05, 3.63) is 48.2 Å². The van der Waals surface area contributed by atoms with E-state index in [1.807, 2.05) is 6.07 Å². The Balaban J connectivity index is 2.07. The first-order valence-corrected chi connectivity index (χ1v) is 6.90. The summed E-state index contributed by atoms with van der Waals surface area (Å²) >= 11 is 0. The van der Waals surface area contributed by atoms with Crippen LogP contribution in [0.25, 0.3) is 0 Å². The van der Waals surface area contributed by atoms with Gasteiger partial charge < -0.3 is 23.7 Å². The van der Waals surface area contributed by atoms with Crippen molar-refractivity contribution in [1.82, 2.24) is 0 Å². The van der Waals surface area contributed by atoms with Gasteiger partial charge >= 0.3 is 5.97 Å². The molecule has 0 unspecified atom stereocenters. The minimum absolute atomic E-state index is 0.0772. The van der Waals surface area contributed by atoms with E-state index < -0.39 is 24.5 Å². The second-order valence-corrected chi connectivity index (χ2v) is 4.79. The fraction of sp³-hybridized carbons (Fsp3) is 0.438. The largest absolute Gasteiger partial charge is 0.466 e. The Labute approximate surface area is 129 Å². The van der Waals surface area contributed by atoms with E-state index in [9.17, 15) is 4.79 Å². The molecule has 6 heteroatoms. The third-order valence-corrected chi connectivity index (χ3v) is 3.27. The van der Waals surface area contributed by atoms with E-state index in [-0.39, 0.29) is 6.79 Å². The summed E-state index contributed by atoms with van der Waals surface area (Å²) in [6.07, 6.45) is -1.24. The third kappa shape index (κ3) is 4.07. The molecule has 1 aromatic carbocycles. The molecule has 1 aromatic rings. The number of carbonyl (C=O) groups is 1. The van der Waals surface area contributed by atoms with Crippen molar-refractivity contribution in [1.29, 1.82) is 0 Å². The highest BCUT2D eigenvalue weighted by Crippen LogP contribution is 2.28. The normalized spacial score (nSPS) is 24.6. The van der Waals surface area contributed by atoms with Crippen molar-refractivity contribution < 1.29 is 28.5 Å². The molecule has 6 nitrogen and oxygen atoms in total. The van der Waals surface area contributed by atoms with Crippen LogP contribution in [0.2, 0.25) is 0 Å². The van der Waals surface area contributed by atoms with Crippen LogP contribution in [0.1, 0.15) is 16.8 Å². The lowest BCUT2D eigenvalue weighted by Crippen LogP contribution is -2.44. The summed E-state index contributed by atoms with van der Waals surface area (Å²) in [6.45, 7) is 3.88. The first kappa shape index (κ1) is 16.5. The number of methoxy groups -OCH3 is 2. The van der Waals surface area contributed by atoms with E-state index in [2.05, 4.69) is 6.58 Å². The molecule has 1 aliphatic rings. The van der Waals surface area contributed by atoms with Gasteiger partial charge in [0.1, 0.15) is 18.7 Å². The zero-order chi connectivity index (χ0) is 15.9. The van der Waals surface area contributed by atoms with E-state index in [4.69, 9.17) is 23.7 Å². The Morgan fingerprint density at radius 1 is 1.32 bits per heavy atom. The van der Waals surface area contributed by atoms with E-state index >= 15 is 0 Å². The van der Waals surface area contributed by atoms with Gasteiger partial charge in [0, 0.05) is 20.6 Å². The van der Waals surface area contributed by atoms with Crippen molar-refractivity contribution in [3.63, 3.8) is 0 Å². The second kappa shape index (κ2) is 7.93. The van der Waals surface area contributed by atoms with Crippen LogP contribution in [0.15, 0.2) is 42.7 Å². The van der Waals surface area contributed by atoms with Crippen LogP contribution in [0.3, 0.4) is 0 Å². The lowest BCUT2D eigenvalue weighted by molar-refractivity contribution is -0.202. The van der Waals surface area contributed by atoms with Crippen LogP contribution in [-0.4, -0.2) is 45.5 Å². The van der Waals surface area contributed by atoms with Gasteiger partial charge in [0.2, 0.25) is 6.29 Å². The standard InChI is InChI=1S/C16H20O6/c1-11-15(22-16(17)12-7-5-4-6-8-12)13(20-10-18-2)9-14(19-3)21-11/h4-8,13-15H,1,9-10H2,2-3H3/t13-,14-,15+/m0/s1. The lowest BCUT2D eigenvalue weighted by atomic mass is 10.1. The fourth-order valence-electron chi connectivity index (χ4n) is 2.16. The van der Waals surface area contributed by atoms with Gasteiger partial charge in [0.15, 0.2) is 6.10 Å². The molecule has 1 aliphatic heterocycles. The van der Waals surface area contributed by atoms with Crippen LogP contribution in [0, 0.1) is 0 Å². The average molecular weight is 308 g/mol. The van der Waals surface area contributed by atoms with Crippen LogP contribution >= 0.6 is 0 Å². The van der Waals surface area contributed by atoms with E-state index in [1.54, 1.807) is 24.3 Å². The molecule has 1 fully saturated rings. The van der Waals surface area contributed by atoms with Gasteiger partial charge in [-0.3, -0.25) is 0 Å². The first-order chi connectivity index (χ1) is 10.7. The number of hydrogen-bond donors (Lipinski definition) is 0. The molecule has 0 amide bonds. The maximum atomic E-state index is 12.2. The Morgan fingerprint density at radius 2 is 2.05 bits per heavy atom. The molecule has 0 aromatic heterocycles. The van der Waals surface area contributed by atoms with E-state index in [1.165, 1.54) is 14.2 Å².